The number of aliphatic hydroxyl groups is 1. The highest BCUT2D eigenvalue weighted by Gasteiger charge is 2.11. The van der Waals surface area contributed by atoms with Crippen LogP contribution in [0.15, 0.2) is 18.2 Å². The molecular weight excluding hydrogens is 208 g/mol. The molecule has 16 heavy (non-hydrogen) atoms. The van der Waals surface area contributed by atoms with Crippen molar-refractivity contribution in [3.05, 3.63) is 29.3 Å². The zero-order chi connectivity index (χ0) is 12.1. The maximum atomic E-state index is 11.3. The fourth-order valence-corrected chi connectivity index (χ4v) is 1.50. The quantitative estimate of drug-likeness (QED) is 0.785. The molecule has 4 nitrogen and oxygen atoms in total. The molecule has 1 N–H and O–H groups in total. The molecule has 0 aliphatic rings. The van der Waals surface area contributed by atoms with Gasteiger partial charge in [-0.25, -0.2) is 4.79 Å². The summed E-state index contributed by atoms with van der Waals surface area (Å²) in [6, 6.07) is 5.01. The molecule has 0 amide bonds. The van der Waals surface area contributed by atoms with Crippen molar-refractivity contribution in [1.82, 2.24) is 0 Å². The van der Waals surface area contributed by atoms with Gasteiger partial charge in [-0.05, 0) is 30.7 Å². The van der Waals surface area contributed by atoms with Crippen molar-refractivity contribution in [2.24, 2.45) is 0 Å². The minimum absolute atomic E-state index is 0.394. The lowest BCUT2D eigenvalue weighted by Crippen LogP contribution is -2.08. The first kappa shape index (κ1) is 12.5. The van der Waals surface area contributed by atoms with Gasteiger partial charge >= 0.3 is 5.97 Å². The Morgan fingerprint density at radius 2 is 2.12 bits per heavy atom. The van der Waals surface area contributed by atoms with Gasteiger partial charge in [0.2, 0.25) is 0 Å². The zero-order valence-corrected chi connectivity index (χ0v) is 9.69. The fraction of sp³-hybridized carbons (Fsp3) is 0.417. The van der Waals surface area contributed by atoms with Gasteiger partial charge in [0.1, 0.15) is 5.75 Å². The van der Waals surface area contributed by atoms with Crippen LogP contribution in [0.5, 0.6) is 5.75 Å². The fourth-order valence-electron chi connectivity index (χ4n) is 1.50. The lowest BCUT2D eigenvalue weighted by molar-refractivity contribution is 0.0600. The highest BCUT2D eigenvalue weighted by molar-refractivity contribution is 5.89. The lowest BCUT2D eigenvalue weighted by atomic mass is 10.0. The summed E-state index contributed by atoms with van der Waals surface area (Å²) in [5, 5.41) is 9.34. The minimum Gasteiger partial charge on any atom is -0.496 e. The van der Waals surface area contributed by atoms with E-state index in [2.05, 4.69) is 4.74 Å². The van der Waals surface area contributed by atoms with Gasteiger partial charge in [0.25, 0.3) is 0 Å². The molecule has 0 bridgehead atoms. The Bertz CT molecular complexity index is 371. The molecule has 0 aliphatic heterocycles. The Hall–Kier alpha value is -1.55. The van der Waals surface area contributed by atoms with Crippen LogP contribution in [0.1, 0.15) is 22.8 Å². The zero-order valence-electron chi connectivity index (χ0n) is 9.69. The van der Waals surface area contributed by atoms with E-state index in [9.17, 15) is 9.90 Å². The third kappa shape index (κ3) is 2.97. The summed E-state index contributed by atoms with van der Waals surface area (Å²) in [4.78, 5) is 11.3. The van der Waals surface area contributed by atoms with Crippen LogP contribution >= 0.6 is 0 Å². The molecule has 0 aromatic heterocycles. The molecule has 1 rings (SSSR count). The van der Waals surface area contributed by atoms with Gasteiger partial charge in [0, 0.05) is 6.42 Å². The maximum Gasteiger partial charge on any atom is 0.337 e. The molecule has 0 saturated heterocycles. The first-order valence-electron chi connectivity index (χ1n) is 5.01. The van der Waals surface area contributed by atoms with Crippen molar-refractivity contribution < 1.29 is 19.4 Å². The van der Waals surface area contributed by atoms with Gasteiger partial charge in [-0.15, -0.1) is 0 Å². The third-order valence-electron chi connectivity index (χ3n) is 2.22. The first-order chi connectivity index (χ1) is 7.58. The van der Waals surface area contributed by atoms with Gasteiger partial charge in [0.05, 0.1) is 25.9 Å². The van der Waals surface area contributed by atoms with Crippen molar-refractivity contribution in [1.29, 1.82) is 0 Å². The molecular formula is C12H16O4. The standard InChI is InChI=1S/C12H16O4/c1-8(13)6-10-7-9(12(14)16-3)4-5-11(10)15-2/h4-5,7-8,13H,6H2,1-3H3. The third-order valence-corrected chi connectivity index (χ3v) is 2.22. The van der Waals surface area contributed by atoms with E-state index in [-0.39, 0.29) is 0 Å². The van der Waals surface area contributed by atoms with E-state index < -0.39 is 12.1 Å². The number of carbonyl (C=O) groups is 1. The number of carbonyl (C=O) groups excluding carboxylic acids is 1. The van der Waals surface area contributed by atoms with Gasteiger partial charge in [0.15, 0.2) is 0 Å². The summed E-state index contributed by atoms with van der Waals surface area (Å²) in [7, 11) is 2.89. The van der Waals surface area contributed by atoms with Crippen LogP contribution in [0.4, 0.5) is 0 Å². The topological polar surface area (TPSA) is 55.8 Å². The second-order valence-corrected chi connectivity index (χ2v) is 3.57. The number of rotatable bonds is 4. The van der Waals surface area contributed by atoms with Gasteiger partial charge in [-0.3, -0.25) is 0 Å². The van der Waals surface area contributed by atoms with Crippen molar-refractivity contribution in [3.8, 4) is 5.75 Å². The van der Waals surface area contributed by atoms with E-state index in [1.54, 1.807) is 32.2 Å². The highest BCUT2D eigenvalue weighted by Crippen LogP contribution is 2.21. The SMILES string of the molecule is COC(=O)c1ccc(OC)c(CC(C)O)c1. The Labute approximate surface area is 94.8 Å². The van der Waals surface area contributed by atoms with Gasteiger partial charge in [-0.2, -0.15) is 0 Å². The molecule has 1 aromatic carbocycles. The van der Waals surface area contributed by atoms with E-state index >= 15 is 0 Å². The summed E-state index contributed by atoms with van der Waals surface area (Å²) < 4.78 is 9.78. The predicted octanol–water partition coefficient (Wildman–Crippen LogP) is 1.41. The van der Waals surface area contributed by atoms with Crippen LogP contribution in [-0.2, 0) is 11.2 Å². The number of benzene rings is 1. The minimum atomic E-state index is -0.484. The predicted molar refractivity (Wildman–Crippen MR) is 59.7 cm³/mol. The van der Waals surface area contributed by atoms with Crippen molar-refractivity contribution in [2.45, 2.75) is 19.4 Å². The summed E-state index contributed by atoms with van der Waals surface area (Å²) in [6.07, 6.45) is -0.0459. The molecule has 0 fully saturated rings. The van der Waals surface area contributed by atoms with Crippen LogP contribution < -0.4 is 4.74 Å². The number of ether oxygens (including phenoxy) is 2. The van der Waals surface area contributed by atoms with Crippen LogP contribution in [0, 0.1) is 0 Å². The Balaban J connectivity index is 3.05. The molecule has 4 heteroatoms. The van der Waals surface area contributed by atoms with Crippen LogP contribution in [0.2, 0.25) is 0 Å². The lowest BCUT2D eigenvalue weighted by Gasteiger charge is -2.11. The second-order valence-electron chi connectivity index (χ2n) is 3.57. The average Bonchev–Trinajstić information content (AvgIpc) is 2.27. The van der Waals surface area contributed by atoms with E-state index in [1.807, 2.05) is 0 Å². The normalized spacial score (nSPS) is 12.0. The molecule has 0 saturated carbocycles. The Morgan fingerprint density at radius 1 is 1.44 bits per heavy atom. The monoisotopic (exact) mass is 224 g/mol. The van der Waals surface area contributed by atoms with Crippen molar-refractivity contribution >= 4 is 5.97 Å². The molecule has 1 unspecified atom stereocenters. The Kier molecular flexibility index (Phi) is 4.31. The van der Waals surface area contributed by atoms with E-state index in [0.717, 1.165) is 5.56 Å². The molecule has 0 radical (unpaired) electrons. The number of hydrogen-bond donors (Lipinski definition) is 1. The molecule has 1 aromatic rings. The number of esters is 1. The smallest absolute Gasteiger partial charge is 0.337 e. The van der Waals surface area contributed by atoms with Crippen LogP contribution in [0.3, 0.4) is 0 Å². The second kappa shape index (κ2) is 5.51. The van der Waals surface area contributed by atoms with Crippen LogP contribution in [-0.4, -0.2) is 31.4 Å². The maximum absolute atomic E-state index is 11.3. The van der Waals surface area contributed by atoms with E-state index in [4.69, 9.17) is 4.74 Å². The molecule has 1 atom stereocenters. The average molecular weight is 224 g/mol. The molecule has 88 valence electrons. The summed E-state index contributed by atoms with van der Waals surface area (Å²) in [5.41, 5.74) is 1.25. The van der Waals surface area contributed by atoms with Crippen molar-refractivity contribution in [3.63, 3.8) is 0 Å². The summed E-state index contributed by atoms with van der Waals surface area (Å²) in [6.45, 7) is 1.68. The largest absolute Gasteiger partial charge is 0.496 e. The first-order valence-corrected chi connectivity index (χ1v) is 5.01. The van der Waals surface area contributed by atoms with Crippen LogP contribution in [0.25, 0.3) is 0 Å². The summed E-state index contributed by atoms with van der Waals surface area (Å²) in [5.74, 6) is 0.267. The number of methoxy groups -OCH3 is 2. The van der Waals surface area contributed by atoms with Gasteiger partial charge in [-0.1, -0.05) is 0 Å². The molecule has 0 aliphatic carbocycles. The van der Waals surface area contributed by atoms with Crippen molar-refractivity contribution in [2.75, 3.05) is 14.2 Å². The highest BCUT2D eigenvalue weighted by atomic mass is 16.5. The number of aliphatic hydroxyl groups excluding tert-OH is 1. The molecule has 0 spiro atoms. The van der Waals surface area contributed by atoms with E-state index in [1.165, 1.54) is 7.11 Å². The summed E-state index contributed by atoms with van der Waals surface area (Å²) >= 11 is 0. The van der Waals surface area contributed by atoms with Gasteiger partial charge < -0.3 is 14.6 Å². The number of hydrogen-bond acceptors (Lipinski definition) is 4. The Morgan fingerprint density at radius 3 is 2.62 bits per heavy atom. The van der Waals surface area contributed by atoms with E-state index in [0.29, 0.717) is 17.7 Å². The molecule has 0 heterocycles.